The van der Waals surface area contributed by atoms with Crippen LogP contribution in [0.4, 0.5) is 18.4 Å². The van der Waals surface area contributed by atoms with Crippen LogP contribution in [0.2, 0.25) is 0 Å². The third kappa shape index (κ3) is 8.02. The van der Waals surface area contributed by atoms with Crippen molar-refractivity contribution in [3.05, 3.63) is 53.6 Å². The quantitative estimate of drug-likeness (QED) is 0.338. The molecule has 2 aliphatic carbocycles. The van der Waals surface area contributed by atoms with Gasteiger partial charge in [0.1, 0.15) is 23.7 Å². The van der Waals surface area contributed by atoms with Crippen molar-refractivity contribution >= 4 is 46.0 Å². The number of benzene rings is 1. The normalized spacial score (nSPS) is 29.0. The number of cyclic esters (lactones) is 1. The number of nitrogens with zero attached hydrogens (tertiary/aromatic N) is 2. The molecule has 3 aliphatic heterocycles. The zero-order chi connectivity index (χ0) is 36.5. The van der Waals surface area contributed by atoms with Gasteiger partial charge in [-0.15, -0.1) is 6.58 Å². The average molecular weight is 734 g/mol. The van der Waals surface area contributed by atoms with E-state index in [9.17, 15) is 41.2 Å². The van der Waals surface area contributed by atoms with Crippen LogP contribution in [-0.4, -0.2) is 103 Å². The van der Waals surface area contributed by atoms with Gasteiger partial charge in [0.05, 0.1) is 18.4 Å². The highest BCUT2D eigenvalue weighted by Gasteiger charge is 2.62. The van der Waals surface area contributed by atoms with Gasteiger partial charge < -0.3 is 29.9 Å². The predicted octanol–water partition coefficient (Wildman–Crippen LogP) is 2.38. The number of amides is 5. The Labute approximate surface area is 294 Å². The fourth-order valence-corrected chi connectivity index (χ4v) is 8.25. The van der Waals surface area contributed by atoms with Crippen molar-refractivity contribution in [3.63, 3.8) is 0 Å². The molecule has 2 saturated carbocycles. The molecule has 5 amide bonds. The van der Waals surface area contributed by atoms with E-state index < -0.39 is 87.7 Å². The molecule has 5 aliphatic rings. The highest BCUT2D eigenvalue weighted by atomic mass is 32.2. The minimum Gasteiger partial charge on any atom is -0.450 e. The number of ether oxygens (including phenoxy) is 2. The Hall–Kier alpha value is -4.54. The molecule has 3 fully saturated rings. The van der Waals surface area contributed by atoms with Crippen molar-refractivity contribution in [2.45, 2.75) is 93.3 Å². The number of carbonyl (C=O) groups excluding carboxylic acids is 5. The van der Waals surface area contributed by atoms with Crippen LogP contribution in [0.1, 0.15) is 61.6 Å². The molecule has 5 atom stereocenters. The third-order valence-corrected chi connectivity index (χ3v) is 11.8. The Kier molecular flexibility index (Phi) is 10.4. The van der Waals surface area contributed by atoms with E-state index in [1.165, 1.54) is 11.0 Å². The Bertz CT molecular complexity index is 1740. The number of allylic oxidation sites excluding steroid dienone is 1. The highest BCUT2D eigenvalue weighted by Crippen LogP contribution is 2.45. The van der Waals surface area contributed by atoms with Crippen LogP contribution >= 0.6 is 0 Å². The molecule has 0 radical (unpaired) electrons. The number of fused-ring (bicyclic) bond motifs is 3. The largest absolute Gasteiger partial charge is 0.450 e. The highest BCUT2D eigenvalue weighted by molar-refractivity contribution is 7.91. The molecule has 0 unspecified atom stereocenters. The molecule has 276 valence electrons. The maximum Gasteiger partial charge on any atom is 0.410 e. The van der Waals surface area contributed by atoms with E-state index in [4.69, 9.17) is 9.47 Å². The lowest BCUT2D eigenvalue weighted by Crippen LogP contribution is -2.58. The number of hydrogen-bond donors (Lipinski definition) is 3. The monoisotopic (exact) mass is 733 g/mol. The van der Waals surface area contributed by atoms with Crippen LogP contribution in [0.5, 0.6) is 0 Å². The molecular formula is C34H41F2N5O9S. The van der Waals surface area contributed by atoms with Crippen molar-refractivity contribution in [1.82, 2.24) is 25.2 Å². The van der Waals surface area contributed by atoms with Crippen LogP contribution in [0, 0.1) is 5.92 Å². The molecule has 1 saturated heterocycles. The molecule has 0 spiro atoms. The number of rotatable bonds is 8. The van der Waals surface area contributed by atoms with Gasteiger partial charge in [-0.05, 0) is 55.2 Å². The Morgan fingerprint density at radius 2 is 1.98 bits per heavy atom. The molecule has 0 aromatic heterocycles. The second-order valence-corrected chi connectivity index (χ2v) is 15.6. The smallest absolute Gasteiger partial charge is 0.410 e. The fraction of sp³-hybridized carbons (Fsp3) is 0.559. The lowest BCUT2D eigenvalue weighted by Gasteiger charge is -2.30. The first-order valence-corrected chi connectivity index (χ1v) is 18.6. The number of hydrogen-bond acceptors (Lipinski definition) is 9. The second kappa shape index (κ2) is 14.6. The first kappa shape index (κ1) is 36.3. The van der Waals surface area contributed by atoms with E-state index in [1.807, 2.05) is 30.4 Å². The molecule has 6 rings (SSSR count). The van der Waals surface area contributed by atoms with Gasteiger partial charge in [0.25, 0.3) is 5.91 Å². The van der Waals surface area contributed by atoms with Gasteiger partial charge >= 0.3 is 12.2 Å². The van der Waals surface area contributed by atoms with Crippen LogP contribution in [0.25, 0.3) is 6.08 Å². The maximum atomic E-state index is 14.0. The lowest BCUT2D eigenvalue weighted by molar-refractivity contribution is -0.141. The summed E-state index contributed by atoms with van der Waals surface area (Å²) in [5, 5.41) is 4.08. The summed E-state index contributed by atoms with van der Waals surface area (Å²) in [6.45, 7) is 3.84. The van der Waals surface area contributed by atoms with E-state index in [1.54, 1.807) is 0 Å². The number of alkyl halides is 2. The van der Waals surface area contributed by atoms with Crippen molar-refractivity contribution < 1.29 is 50.6 Å². The second-order valence-electron chi connectivity index (χ2n) is 13.6. The molecule has 1 aromatic rings. The van der Waals surface area contributed by atoms with Gasteiger partial charge in [0.15, 0.2) is 0 Å². The molecule has 4 bridgehead atoms. The first-order valence-electron chi connectivity index (χ1n) is 17.1. The summed E-state index contributed by atoms with van der Waals surface area (Å²) in [6.07, 6.45) is 0.297. The molecule has 51 heavy (non-hydrogen) atoms. The zero-order valence-corrected chi connectivity index (χ0v) is 28.7. The minimum atomic E-state index is -3.97. The van der Waals surface area contributed by atoms with Crippen LogP contribution < -0.4 is 15.4 Å². The summed E-state index contributed by atoms with van der Waals surface area (Å²) in [5.74, 6) is -3.53. The maximum absolute atomic E-state index is 14.0. The zero-order valence-electron chi connectivity index (χ0n) is 27.9. The molecule has 3 heterocycles. The Morgan fingerprint density at radius 1 is 1.20 bits per heavy atom. The van der Waals surface area contributed by atoms with Crippen LogP contribution in [0.3, 0.4) is 0 Å². The lowest BCUT2D eigenvalue weighted by atomic mass is 9.94. The van der Waals surface area contributed by atoms with Gasteiger partial charge in [0, 0.05) is 31.8 Å². The van der Waals surface area contributed by atoms with Crippen molar-refractivity contribution in [1.29, 1.82) is 0 Å². The Balaban J connectivity index is 1.27. The minimum absolute atomic E-state index is 0.0301. The van der Waals surface area contributed by atoms with Gasteiger partial charge in [-0.3, -0.25) is 19.1 Å². The van der Waals surface area contributed by atoms with Crippen molar-refractivity contribution in [2.75, 3.05) is 19.7 Å². The number of sulfonamides is 1. The summed E-state index contributed by atoms with van der Waals surface area (Å²) in [4.78, 5) is 69.8. The summed E-state index contributed by atoms with van der Waals surface area (Å²) < 4.78 is 65.7. The van der Waals surface area contributed by atoms with E-state index in [-0.39, 0.29) is 32.5 Å². The topological polar surface area (TPSA) is 181 Å². The molecule has 17 heteroatoms. The van der Waals surface area contributed by atoms with Gasteiger partial charge in [0.2, 0.25) is 28.3 Å². The van der Waals surface area contributed by atoms with E-state index in [2.05, 4.69) is 21.9 Å². The number of alkyl carbamates (subject to hydrolysis) is 1. The van der Waals surface area contributed by atoms with Gasteiger partial charge in [-0.25, -0.2) is 26.8 Å². The molecule has 3 N–H and O–H groups in total. The van der Waals surface area contributed by atoms with Crippen LogP contribution in [-0.2, 0) is 46.8 Å². The number of carbonyl (C=O) groups is 5. The predicted molar refractivity (Wildman–Crippen MR) is 177 cm³/mol. The average Bonchev–Trinajstić information content (AvgIpc) is 4.01. The number of nitrogens with one attached hydrogen (secondary N) is 3. The summed E-state index contributed by atoms with van der Waals surface area (Å²) in [7, 11) is -3.97. The third-order valence-electron chi connectivity index (χ3n) is 9.98. The molecule has 1 aromatic carbocycles. The first-order chi connectivity index (χ1) is 24.3. The molecular weight excluding hydrogens is 692 g/mol. The van der Waals surface area contributed by atoms with Gasteiger partial charge in [-0.1, -0.05) is 36.4 Å². The van der Waals surface area contributed by atoms with Gasteiger partial charge in [-0.2, -0.15) is 0 Å². The van der Waals surface area contributed by atoms with Crippen molar-refractivity contribution in [3.8, 4) is 0 Å². The Morgan fingerprint density at radius 3 is 2.69 bits per heavy atom. The van der Waals surface area contributed by atoms with E-state index in [0.717, 1.165) is 21.6 Å². The van der Waals surface area contributed by atoms with E-state index >= 15 is 0 Å². The summed E-state index contributed by atoms with van der Waals surface area (Å²) in [5.41, 5.74) is 1.24. The van der Waals surface area contributed by atoms with E-state index in [0.29, 0.717) is 38.6 Å². The summed E-state index contributed by atoms with van der Waals surface area (Å²) >= 11 is 0. The van der Waals surface area contributed by atoms with Crippen LogP contribution in [0.15, 0.2) is 36.9 Å². The number of halogens is 2. The standard InChI is InChI=1S/C34H41F2N5O9S/c1-2-22-17-34(22,31(44)39-51(47,48)24-10-11-24)38-29(42)27-15-23-18-41(27)30(43)26(16-28(35)36)37-32(45)49-14-5-3-4-7-20-8-6-9-21-12-13-40(19-25(20)21)33(46)50-23/h2,4,6-9,22-24,26-28H,1,3,5,10-19H2,(H,37,45)(H,38,42)(H,39,44)/b7-4+/t22-,23+,26-,27-,34+/m0/s1. The van der Waals surface area contributed by atoms with Crippen molar-refractivity contribution in [2.24, 2.45) is 5.92 Å². The molecule has 14 nitrogen and oxygen atoms in total. The SMILES string of the molecule is C=C[C@H]1C[C@]1(NC(=O)[C@@H]1C[C@@H]2CN1C(=O)[C@H](CC(F)F)NC(=O)OCCC/C=C/c1cccc3c1CN(CC3)C(=O)O2)C(=O)NS(=O)(=O)C1CC1. The summed E-state index contributed by atoms with van der Waals surface area (Å²) in [6, 6.07) is 2.60. The fourth-order valence-electron chi connectivity index (χ4n) is 6.89.